The van der Waals surface area contributed by atoms with Gasteiger partial charge in [-0.25, -0.2) is 0 Å². The zero-order chi connectivity index (χ0) is 33.3. The van der Waals surface area contributed by atoms with Crippen LogP contribution in [0.1, 0.15) is 52.7 Å². The lowest BCUT2D eigenvalue weighted by Gasteiger charge is -2.47. The summed E-state index contributed by atoms with van der Waals surface area (Å²) in [7, 11) is 0. The van der Waals surface area contributed by atoms with E-state index in [1.807, 2.05) is 35.2 Å². The molecule has 0 bridgehead atoms. The van der Waals surface area contributed by atoms with Crippen molar-refractivity contribution in [2.45, 2.75) is 62.6 Å². The average molecular weight is 667 g/mol. The molecule has 0 N–H and O–H groups in total. The molecule has 6 rings (SSSR count). The lowest BCUT2D eigenvalue weighted by molar-refractivity contribution is -0.143. The third kappa shape index (κ3) is 7.78. The largest absolute Gasteiger partial charge is 0.416 e. The number of likely N-dealkylation sites (tertiary alicyclic amines) is 2. The standard InChI is InChI=1S/C34H40F6N4O3/c35-33(36,37)26-17-25(18-27(19-26)34(38,39)40)32(46)44-10-7-28(20-30(44)16-23-4-2-1-3-5-23)41-11-13-42(14-12-41)29-6-9-43(21-29)31(45)24-8-15-47-22-24/h1-5,17-19,24,28-30H,6-16,20-22H2/t24?,28-,29+,30+/m0/s1. The number of hydrogen-bond acceptors (Lipinski definition) is 5. The van der Waals surface area contributed by atoms with Crippen LogP contribution in [0.4, 0.5) is 26.3 Å². The molecule has 4 saturated heterocycles. The minimum atomic E-state index is -5.04. The van der Waals surface area contributed by atoms with Crippen molar-refractivity contribution in [1.29, 1.82) is 0 Å². The second-order valence-electron chi connectivity index (χ2n) is 13.2. The maximum atomic E-state index is 13.7. The third-order valence-corrected chi connectivity index (χ3v) is 10.2. The Kier molecular flexibility index (Phi) is 9.87. The summed E-state index contributed by atoms with van der Waals surface area (Å²) in [6.45, 7) is 6.13. The van der Waals surface area contributed by atoms with Crippen molar-refractivity contribution < 1.29 is 40.7 Å². The van der Waals surface area contributed by atoms with Crippen LogP contribution >= 0.6 is 0 Å². The molecule has 47 heavy (non-hydrogen) atoms. The second-order valence-corrected chi connectivity index (χ2v) is 13.2. The summed E-state index contributed by atoms with van der Waals surface area (Å²) in [6.07, 6.45) is -6.80. The van der Waals surface area contributed by atoms with Crippen LogP contribution in [0.5, 0.6) is 0 Å². The maximum Gasteiger partial charge on any atom is 0.416 e. The normalized spacial score (nSPS) is 26.6. The first-order valence-corrected chi connectivity index (χ1v) is 16.4. The molecule has 0 aliphatic carbocycles. The summed E-state index contributed by atoms with van der Waals surface area (Å²) in [6, 6.07) is 10.5. The van der Waals surface area contributed by atoms with Crippen molar-refractivity contribution >= 4 is 11.8 Å². The molecule has 4 heterocycles. The predicted molar refractivity (Wildman–Crippen MR) is 161 cm³/mol. The van der Waals surface area contributed by atoms with Gasteiger partial charge in [0.1, 0.15) is 0 Å². The molecule has 2 amide bonds. The van der Waals surface area contributed by atoms with Gasteiger partial charge in [-0.05, 0) is 55.9 Å². The first kappa shape index (κ1) is 33.7. The van der Waals surface area contributed by atoms with Gasteiger partial charge in [0.25, 0.3) is 5.91 Å². The van der Waals surface area contributed by atoms with Crippen molar-refractivity contribution in [2.24, 2.45) is 5.92 Å². The van der Waals surface area contributed by atoms with Gasteiger partial charge in [-0.15, -0.1) is 0 Å². The summed E-state index contributed by atoms with van der Waals surface area (Å²) in [5.41, 5.74) is -2.66. The fourth-order valence-corrected chi connectivity index (χ4v) is 7.65. The van der Waals surface area contributed by atoms with Crippen LogP contribution in [-0.4, -0.2) is 109 Å². The Morgan fingerprint density at radius 3 is 1.98 bits per heavy atom. The van der Waals surface area contributed by atoms with Gasteiger partial charge in [-0.2, -0.15) is 26.3 Å². The van der Waals surface area contributed by atoms with Gasteiger partial charge in [-0.3, -0.25) is 19.4 Å². The molecule has 256 valence electrons. The van der Waals surface area contributed by atoms with Gasteiger partial charge in [-0.1, -0.05) is 30.3 Å². The number of ether oxygens (including phenoxy) is 1. The monoisotopic (exact) mass is 666 g/mol. The molecule has 2 aromatic carbocycles. The van der Waals surface area contributed by atoms with Crippen LogP contribution < -0.4 is 0 Å². The van der Waals surface area contributed by atoms with Crippen molar-refractivity contribution in [3.63, 3.8) is 0 Å². The first-order chi connectivity index (χ1) is 22.4. The second kappa shape index (κ2) is 13.8. The molecule has 2 aromatic rings. The molecule has 1 unspecified atom stereocenters. The Hall–Kier alpha value is -3.16. The minimum Gasteiger partial charge on any atom is -0.381 e. The van der Waals surface area contributed by atoms with E-state index in [2.05, 4.69) is 9.80 Å². The highest BCUT2D eigenvalue weighted by molar-refractivity contribution is 5.95. The van der Waals surface area contributed by atoms with E-state index in [1.54, 1.807) is 0 Å². The van der Waals surface area contributed by atoms with Gasteiger partial charge in [0.2, 0.25) is 5.91 Å². The van der Waals surface area contributed by atoms with Crippen LogP contribution in [0.3, 0.4) is 0 Å². The van der Waals surface area contributed by atoms with E-state index in [0.29, 0.717) is 50.7 Å². The molecule has 0 radical (unpaired) electrons. The number of hydrogen-bond donors (Lipinski definition) is 0. The van der Waals surface area contributed by atoms with Crippen LogP contribution in [0.25, 0.3) is 0 Å². The van der Waals surface area contributed by atoms with Crippen LogP contribution in [-0.2, 0) is 28.3 Å². The zero-order valence-corrected chi connectivity index (χ0v) is 26.1. The summed E-state index contributed by atoms with van der Waals surface area (Å²) in [5, 5.41) is 0. The van der Waals surface area contributed by atoms with E-state index >= 15 is 0 Å². The highest BCUT2D eigenvalue weighted by Crippen LogP contribution is 2.37. The lowest BCUT2D eigenvalue weighted by Crippen LogP contribution is -2.58. The minimum absolute atomic E-state index is 0.0348. The van der Waals surface area contributed by atoms with Gasteiger partial charge in [0.05, 0.1) is 23.7 Å². The molecule has 0 saturated carbocycles. The van der Waals surface area contributed by atoms with E-state index in [1.165, 1.54) is 4.90 Å². The number of piperazine rings is 1. The Labute approximate surface area is 270 Å². The van der Waals surface area contributed by atoms with Gasteiger partial charge in [0, 0.05) is 76.1 Å². The number of halogens is 6. The Bertz CT molecular complexity index is 1370. The third-order valence-electron chi connectivity index (χ3n) is 10.2. The topological polar surface area (TPSA) is 56.3 Å². The van der Waals surface area contributed by atoms with Gasteiger partial charge in [0.15, 0.2) is 0 Å². The molecule has 13 heteroatoms. The number of carbonyl (C=O) groups excluding carboxylic acids is 2. The number of rotatable bonds is 6. The van der Waals surface area contributed by atoms with E-state index < -0.39 is 41.0 Å². The van der Waals surface area contributed by atoms with Gasteiger partial charge >= 0.3 is 12.4 Å². The highest BCUT2D eigenvalue weighted by atomic mass is 19.4. The predicted octanol–water partition coefficient (Wildman–Crippen LogP) is 5.20. The molecule has 4 aliphatic rings. The fraction of sp³-hybridized carbons (Fsp3) is 0.588. The first-order valence-electron chi connectivity index (χ1n) is 16.4. The lowest BCUT2D eigenvalue weighted by atomic mass is 9.90. The van der Waals surface area contributed by atoms with E-state index in [9.17, 15) is 35.9 Å². The fourth-order valence-electron chi connectivity index (χ4n) is 7.65. The molecular formula is C34H40F6N4O3. The number of piperidine rings is 1. The summed E-state index contributed by atoms with van der Waals surface area (Å²) >= 11 is 0. The van der Waals surface area contributed by atoms with Crippen LogP contribution in [0.15, 0.2) is 48.5 Å². The molecule has 4 aliphatic heterocycles. The van der Waals surface area contributed by atoms with Crippen molar-refractivity contribution in [1.82, 2.24) is 19.6 Å². The molecular weight excluding hydrogens is 626 g/mol. The average Bonchev–Trinajstić information content (AvgIpc) is 3.77. The van der Waals surface area contributed by atoms with Crippen molar-refractivity contribution in [3.8, 4) is 0 Å². The summed E-state index contributed by atoms with van der Waals surface area (Å²) in [5.74, 6) is -0.670. The maximum absolute atomic E-state index is 13.7. The molecule has 4 atom stereocenters. The van der Waals surface area contributed by atoms with Crippen molar-refractivity contribution in [3.05, 3.63) is 70.8 Å². The Balaban J connectivity index is 1.13. The molecule has 0 spiro atoms. The quantitative estimate of drug-likeness (QED) is 0.398. The zero-order valence-electron chi connectivity index (χ0n) is 26.1. The number of benzene rings is 2. The number of carbonyl (C=O) groups is 2. The van der Waals surface area contributed by atoms with Gasteiger partial charge < -0.3 is 14.5 Å². The van der Waals surface area contributed by atoms with E-state index in [0.717, 1.165) is 57.7 Å². The number of nitrogens with zero attached hydrogens (tertiary/aromatic N) is 4. The number of amides is 2. The summed E-state index contributed by atoms with van der Waals surface area (Å²) in [4.78, 5) is 34.9. The number of alkyl halides is 6. The van der Waals surface area contributed by atoms with E-state index in [4.69, 9.17) is 4.74 Å². The smallest absolute Gasteiger partial charge is 0.381 e. The van der Waals surface area contributed by atoms with E-state index in [-0.39, 0.29) is 30.5 Å². The summed E-state index contributed by atoms with van der Waals surface area (Å²) < 4.78 is 86.9. The highest BCUT2D eigenvalue weighted by Gasteiger charge is 2.41. The molecule has 0 aromatic heterocycles. The SMILES string of the molecule is O=C(C1CCOC1)N1CC[C@@H](N2CCN([C@H]3CCN(C(=O)c4cc(C(F)(F)F)cc(C(F)(F)F)c4)[C@H](Cc4ccccc4)C3)CC2)C1. The Morgan fingerprint density at radius 2 is 1.38 bits per heavy atom. The molecule has 7 nitrogen and oxygen atoms in total. The van der Waals surface area contributed by atoms with Crippen LogP contribution in [0, 0.1) is 5.92 Å². The van der Waals surface area contributed by atoms with Crippen molar-refractivity contribution in [2.75, 3.05) is 59.0 Å². The van der Waals surface area contributed by atoms with Crippen LogP contribution in [0.2, 0.25) is 0 Å². The Morgan fingerprint density at radius 1 is 0.766 bits per heavy atom. The molecule has 4 fully saturated rings.